The molecule has 2 aromatic rings. The van der Waals surface area contributed by atoms with Crippen LogP contribution >= 0.6 is 0 Å². The van der Waals surface area contributed by atoms with Gasteiger partial charge in [0.25, 0.3) is 10.0 Å². The third kappa shape index (κ3) is 2.99. The highest BCUT2D eigenvalue weighted by Crippen LogP contribution is 2.25. The van der Waals surface area contributed by atoms with Gasteiger partial charge >= 0.3 is 0 Å². The number of sulfonamides is 1. The molecule has 1 N–H and O–H groups in total. The zero-order valence-corrected chi connectivity index (χ0v) is 12.4. The Morgan fingerprint density at radius 2 is 1.70 bits per heavy atom. The zero-order valence-electron chi connectivity index (χ0n) is 11.6. The molecule has 106 valence electrons. The Morgan fingerprint density at radius 1 is 1.05 bits per heavy atom. The topological polar surface area (TPSA) is 59.1 Å². The van der Waals surface area contributed by atoms with Crippen molar-refractivity contribution in [2.45, 2.75) is 31.6 Å². The molecule has 0 radical (unpaired) electrons. The Balaban J connectivity index is 2.44. The highest BCUT2D eigenvalue weighted by molar-refractivity contribution is 7.92. The lowest BCUT2D eigenvalue weighted by Crippen LogP contribution is -2.15. The number of hydrogen-bond acceptors (Lipinski definition) is 3. The standard InChI is InChI=1S/C15H18N2O2S/c1-3-12-7-5-8-13(4-2)15(12)17-20(18,19)14-9-6-10-16-11-14/h5-11,17H,3-4H2,1-2H3. The molecule has 0 spiro atoms. The van der Waals surface area contributed by atoms with E-state index >= 15 is 0 Å². The van der Waals surface area contributed by atoms with E-state index in [-0.39, 0.29) is 4.90 Å². The van der Waals surface area contributed by atoms with Crippen LogP contribution in [0.15, 0.2) is 47.6 Å². The SMILES string of the molecule is CCc1cccc(CC)c1NS(=O)(=O)c1cccnc1. The number of aryl methyl sites for hydroxylation is 2. The van der Waals surface area contributed by atoms with E-state index in [1.54, 1.807) is 12.3 Å². The molecule has 0 atom stereocenters. The van der Waals surface area contributed by atoms with Crippen molar-refractivity contribution < 1.29 is 8.42 Å². The molecule has 0 saturated heterocycles. The summed E-state index contributed by atoms with van der Waals surface area (Å²) in [5.41, 5.74) is 2.69. The van der Waals surface area contributed by atoms with Crippen LogP contribution < -0.4 is 4.72 Å². The first-order chi connectivity index (χ1) is 9.58. The fourth-order valence-electron chi connectivity index (χ4n) is 2.07. The van der Waals surface area contributed by atoms with Gasteiger partial charge in [-0.15, -0.1) is 0 Å². The number of para-hydroxylation sites is 1. The Bertz CT molecular complexity index is 660. The summed E-state index contributed by atoms with van der Waals surface area (Å²) in [4.78, 5) is 4.03. The summed E-state index contributed by atoms with van der Waals surface area (Å²) < 4.78 is 27.5. The Labute approximate surface area is 119 Å². The molecule has 0 aliphatic rings. The molecule has 1 aromatic carbocycles. The lowest BCUT2D eigenvalue weighted by Gasteiger charge is -2.15. The summed E-state index contributed by atoms with van der Waals surface area (Å²) in [6.45, 7) is 4.02. The van der Waals surface area contributed by atoms with Gasteiger partial charge < -0.3 is 0 Å². The maximum absolute atomic E-state index is 12.4. The van der Waals surface area contributed by atoms with Crippen LogP contribution in [0, 0.1) is 0 Å². The summed E-state index contributed by atoms with van der Waals surface area (Å²) in [5.74, 6) is 0. The fraction of sp³-hybridized carbons (Fsp3) is 0.267. The molecule has 0 aliphatic carbocycles. The molecule has 0 unspecified atom stereocenters. The minimum absolute atomic E-state index is 0.174. The smallest absolute Gasteiger partial charge is 0.263 e. The second-order valence-corrected chi connectivity index (χ2v) is 6.13. The Hall–Kier alpha value is -1.88. The summed E-state index contributed by atoms with van der Waals surface area (Å²) in [7, 11) is -3.59. The van der Waals surface area contributed by atoms with Gasteiger partial charge in [-0.05, 0) is 36.1 Å². The van der Waals surface area contributed by atoms with E-state index in [4.69, 9.17) is 0 Å². The van der Waals surface area contributed by atoms with Gasteiger partial charge in [0, 0.05) is 12.4 Å². The van der Waals surface area contributed by atoms with E-state index in [1.165, 1.54) is 12.3 Å². The number of benzene rings is 1. The molecule has 4 nitrogen and oxygen atoms in total. The summed E-state index contributed by atoms with van der Waals surface area (Å²) in [6.07, 6.45) is 4.45. The van der Waals surface area contributed by atoms with Crippen molar-refractivity contribution in [1.29, 1.82) is 0 Å². The molecular weight excluding hydrogens is 272 g/mol. The molecule has 20 heavy (non-hydrogen) atoms. The third-order valence-corrected chi connectivity index (χ3v) is 4.51. The van der Waals surface area contributed by atoms with Crippen molar-refractivity contribution in [3.63, 3.8) is 0 Å². The van der Waals surface area contributed by atoms with Crippen molar-refractivity contribution in [3.05, 3.63) is 53.9 Å². The minimum atomic E-state index is -3.59. The van der Waals surface area contributed by atoms with Crippen molar-refractivity contribution >= 4 is 15.7 Å². The number of hydrogen-bond donors (Lipinski definition) is 1. The predicted octanol–water partition coefficient (Wildman–Crippen LogP) is 3.01. The first-order valence-electron chi connectivity index (χ1n) is 6.62. The van der Waals surface area contributed by atoms with Gasteiger partial charge in [0.15, 0.2) is 0 Å². The van der Waals surface area contributed by atoms with Crippen LogP contribution in [-0.2, 0) is 22.9 Å². The minimum Gasteiger partial charge on any atom is -0.279 e. The maximum Gasteiger partial charge on any atom is 0.263 e. The molecule has 5 heteroatoms. The number of rotatable bonds is 5. The summed E-state index contributed by atoms with van der Waals surface area (Å²) >= 11 is 0. The number of anilines is 1. The lowest BCUT2D eigenvalue weighted by molar-refractivity contribution is 0.600. The normalized spacial score (nSPS) is 11.3. The second-order valence-electron chi connectivity index (χ2n) is 4.45. The highest BCUT2D eigenvalue weighted by atomic mass is 32.2. The first-order valence-corrected chi connectivity index (χ1v) is 8.10. The monoisotopic (exact) mass is 290 g/mol. The van der Waals surface area contributed by atoms with Crippen LogP contribution in [-0.4, -0.2) is 13.4 Å². The quantitative estimate of drug-likeness (QED) is 0.921. The zero-order chi connectivity index (χ0) is 14.6. The third-order valence-electron chi connectivity index (χ3n) is 3.18. The fourth-order valence-corrected chi connectivity index (χ4v) is 3.18. The average molecular weight is 290 g/mol. The molecular formula is C15H18N2O2S. The van der Waals surface area contributed by atoms with E-state index < -0.39 is 10.0 Å². The maximum atomic E-state index is 12.4. The van der Waals surface area contributed by atoms with E-state index in [9.17, 15) is 8.42 Å². The summed E-state index contributed by atoms with van der Waals surface area (Å²) in [6, 6.07) is 9.00. The molecule has 0 bridgehead atoms. The van der Waals surface area contributed by atoms with E-state index in [1.807, 2.05) is 32.0 Å². The highest BCUT2D eigenvalue weighted by Gasteiger charge is 2.17. The van der Waals surface area contributed by atoms with Gasteiger partial charge in [0.2, 0.25) is 0 Å². The molecule has 0 saturated carbocycles. The van der Waals surface area contributed by atoms with Crippen LogP contribution in [0.1, 0.15) is 25.0 Å². The largest absolute Gasteiger partial charge is 0.279 e. The van der Waals surface area contributed by atoms with Crippen molar-refractivity contribution in [2.75, 3.05) is 4.72 Å². The van der Waals surface area contributed by atoms with E-state index in [2.05, 4.69) is 9.71 Å². The van der Waals surface area contributed by atoms with Crippen molar-refractivity contribution in [2.24, 2.45) is 0 Å². The van der Waals surface area contributed by atoms with Gasteiger partial charge in [-0.1, -0.05) is 32.0 Å². The van der Waals surface area contributed by atoms with Gasteiger partial charge in [-0.2, -0.15) is 0 Å². The Kier molecular flexibility index (Phi) is 4.39. The molecule has 1 aromatic heterocycles. The van der Waals surface area contributed by atoms with Crippen LogP contribution in [0.2, 0.25) is 0 Å². The average Bonchev–Trinajstić information content (AvgIpc) is 2.48. The van der Waals surface area contributed by atoms with Gasteiger partial charge in [0.1, 0.15) is 4.90 Å². The van der Waals surface area contributed by atoms with E-state index in [0.29, 0.717) is 5.69 Å². The van der Waals surface area contributed by atoms with E-state index in [0.717, 1.165) is 24.0 Å². The number of aromatic nitrogens is 1. The van der Waals surface area contributed by atoms with Crippen LogP contribution in [0.3, 0.4) is 0 Å². The van der Waals surface area contributed by atoms with Crippen LogP contribution in [0.5, 0.6) is 0 Å². The number of nitrogens with zero attached hydrogens (tertiary/aromatic N) is 1. The summed E-state index contributed by atoms with van der Waals surface area (Å²) in [5, 5.41) is 0. The first kappa shape index (κ1) is 14.5. The molecule has 2 rings (SSSR count). The molecule has 0 aliphatic heterocycles. The van der Waals surface area contributed by atoms with Crippen molar-refractivity contribution in [1.82, 2.24) is 4.98 Å². The van der Waals surface area contributed by atoms with Gasteiger partial charge in [-0.3, -0.25) is 9.71 Å². The second kappa shape index (κ2) is 6.05. The number of nitrogens with one attached hydrogen (secondary N) is 1. The molecule has 0 fully saturated rings. The van der Waals surface area contributed by atoms with Crippen LogP contribution in [0.25, 0.3) is 0 Å². The number of pyridine rings is 1. The molecule has 0 amide bonds. The van der Waals surface area contributed by atoms with Crippen molar-refractivity contribution in [3.8, 4) is 0 Å². The van der Waals surface area contributed by atoms with Gasteiger partial charge in [-0.25, -0.2) is 8.42 Å². The van der Waals surface area contributed by atoms with Gasteiger partial charge in [0.05, 0.1) is 5.69 Å². The predicted molar refractivity (Wildman–Crippen MR) is 80.2 cm³/mol. The Morgan fingerprint density at radius 3 is 2.20 bits per heavy atom. The van der Waals surface area contributed by atoms with Crippen LogP contribution in [0.4, 0.5) is 5.69 Å². The lowest BCUT2D eigenvalue weighted by atomic mass is 10.0. The molecule has 1 heterocycles.